The smallest absolute Gasteiger partial charge is 0.200 e. The predicted octanol–water partition coefficient (Wildman–Crippen LogP) is 3.98. The minimum atomic E-state index is -0.538. The Morgan fingerprint density at radius 2 is 1.93 bits per heavy atom. The molecule has 0 atom stereocenters. The van der Waals surface area contributed by atoms with Gasteiger partial charge in [0.05, 0.1) is 12.7 Å². The van der Waals surface area contributed by atoms with Gasteiger partial charge in [-0.3, -0.25) is 4.79 Å². The maximum atomic E-state index is 13.2. The van der Waals surface area contributed by atoms with Crippen molar-refractivity contribution in [3.63, 3.8) is 0 Å². The van der Waals surface area contributed by atoms with E-state index in [4.69, 9.17) is 13.9 Å². The Balaban J connectivity index is 2.09. The lowest BCUT2D eigenvalue weighted by atomic mass is 9.92. The van der Waals surface area contributed by atoms with Gasteiger partial charge in [-0.1, -0.05) is 0 Å². The molecule has 0 spiro atoms. The molecule has 3 aromatic rings. The third kappa shape index (κ3) is 2.87. The molecule has 2 aromatic carbocycles. The van der Waals surface area contributed by atoms with Crippen LogP contribution < -0.4 is 14.9 Å². The molecule has 1 aliphatic rings. The Morgan fingerprint density at radius 3 is 2.67 bits per heavy atom. The van der Waals surface area contributed by atoms with E-state index in [-0.39, 0.29) is 27.9 Å². The van der Waals surface area contributed by atoms with Crippen LogP contribution in [0.3, 0.4) is 0 Å². The predicted molar refractivity (Wildman–Crippen MR) is 101 cm³/mol. The van der Waals surface area contributed by atoms with Gasteiger partial charge in [-0.25, -0.2) is 0 Å². The lowest BCUT2D eigenvalue weighted by Gasteiger charge is -2.30. The molecule has 27 heavy (non-hydrogen) atoms. The molecule has 0 saturated carbocycles. The van der Waals surface area contributed by atoms with Crippen molar-refractivity contribution in [2.24, 2.45) is 0 Å². The summed E-state index contributed by atoms with van der Waals surface area (Å²) in [6.45, 7) is 3.85. The minimum Gasteiger partial charge on any atom is -0.508 e. The Labute approximate surface area is 155 Å². The highest BCUT2D eigenvalue weighted by Crippen LogP contribution is 2.41. The highest BCUT2D eigenvalue weighted by molar-refractivity contribution is 5.88. The maximum Gasteiger partial charge on any atom is 0.200 e. The molecule has 0 radical (unpaired) electrons. The van der Waals surface area contributed by atoms with Gasteiger partial charge in [0.2, 0.25) is 0 Å². The number of benzene rings is 2. The van der Waals surface area contributed by atoms with Crippen LogP contribution in [0, 0.1) is 0 Å². The third-order valence-corrected chi connectivity index (χ3v) is 4.85. The van der Waals surface area contributed by atoms with E-state index in [1.54, 1.807) is 12.1 Å². The summed E-state index contributed by atoms with van der Waals surface area (Å²) in [7, 11) is 1.47. The molecule has 6 nitrogen and oxygen atoms in total. The highest BCUT2D eigenvalue weighted by atomic mass is 16.5. The summed E-state index contributed by atoms with van der Waals surface area (Å²) in [6.07, 6.45) is 1.01. The zero-order valence-electron chi connectivity index (χ0n) is 15.3. The van der Waals surface area contributed by atoms with Crippen molar-refractivity contribution >= 4 is 11.0 Å². The molecule has 140 valence electrons. The molecule has 0 saturated heterocycles. The van der Waals surface area contributed by atoms with Crippen molar-refractivity contribution in [3.8, 4) is 34.3 Å². The van der Waals surface area contributed by atoms with Gasteiger partial charge in [0, 0.05) is 23.8 Å². The van der Waals surface area contributed by atoms with E-state index in [9.17, 15) is 15.0 Å². The van der Waals surface area contributed by atoms with Crippen LogP contribution in [-0.4, -0.2) is 22.9 Å². The van der Waals surface area contributed by atoms with Crippen molar-refractivity contribution in [1.82, 2.24) is 0 Å². The Bertz CT molecular complexity index is 1110. The molecular formula is C21H20O6. The number of phenolic OH excluding ortho intramolecular Hbond substituents is 2. The first-order valence-electron chi connectivity index (χ1n) is 8.68. The van der Waals surface area contributed by atoms with E-state index in [2.05, 4.69) is 0 Å². The number of methoxy groups -OCH3 is 1. The van der Waals surface area contributed by atoms with Gasteiger partial charge in [0.25, 0.3) is 0 Å². The van der Waals surface area contributed by atoms with Crippen LogP contribution in [0.25, 0.3) is 22.3 Å². The van der Waals surface area contributed by atoms with Crippen molar-refractivity contribution in [2.45, 2.75) is 32.3 Å². The Morgan fingerprint density at radius 1 is 1.15 bits per heavy atom. The normalized spacial score (nSPS) is 15.2. The van der Waals surface area contributed by atoms with Gasteiger partial charge >= 0.3 is 0 Å². The van der Waals surface area contributed by atoms with Crippen molar-refractivity contribution in [2.75, 3.05) is 7.11 Å². The van der Waals surface area contributed by atoms with Crippen LogP contribution in [-0.2, 0) is 6.42 Å². The van der Waals surface area contributed by atoms with Crippen LogP contribution in [0.15, 0.2) is 39.5 Å². The minimum absolute atomic E-state index is 0.0640. The summed E-state index contributed by atoms with van der Waals surface area (Å²) >= 11 is 0. The highest BCUT2D eigenvalue weighted by Gasteiger charge is 2.30. The third-order valence-electron chi connectivity index (χ3n) is 4.85. The monoisotopic (exact) mass is 368 g/mol. The van der Waals surface area contributed by atoms with Gasteiger partial charge in [0.1, 0.15) is 45.3 Å². The largest absolute Gasteiger partial charge is 0.508 e. The second-order valence-electron chi connectivity index (χ2n) is 7.30. The molecular weight excluding hydrogens is 348 g/mol. The molecule has 2 heterocycles. The number of ether oxygens (including phenoxy) is 2. The van der Waals surface area contributed by atoms with E-state index >= 15 is 0 Å². The summed E-state index contributed by atoms with van der Waals surface area (Å²) in [5.74, 6) is 1.09. The fraction of sp³-hybridized carbons (Fsp3) is 0.286. The first-order chi connectivity index (χ1) is 12.8. The van der Waals surface area contributed by atoms with Gasteiger partial charge in [-0.15, -0.1) is 0 Å². The number of hydrogen-bond acceptors (Lipinski definition) is 6. The second-order valence-corrected chi connectivity index (χ2v) is 7.30. The Kier molecular flexibility index (Phi) is 3.80. The second kappa shape index (κ2) is 5.94. The Hall–Kier alpha value is -3.15. The molecule has 0 amide bonds. The molecule has 0 bridgehead atoms. The number of aromatic hydroxyl groups is 2. The van der Waals surface area contributed by atoms with E-state index in [0.29, 0.717) is 41.2 Å². The van der Waals surface area contributed by atoms with Crippen molar-refractivity contribution < 1.29 is 24.1 Å². The molecule has 6 heteroatoms. The van der Waals surface area contributed by atoms with E-state index < -0.39 is 5.60 Å². The van der Waals surface area contributed by atoms with Crippen molar-refractivity contribution in [3.05, 3.63) is 46.1 Å². The quantitative estimate of drug-likeness (QED) is 0.675. The fourth-order valence-electron chi connectivity index (χ4n) is 3.43. The lowest BCUT2D eigenvalue weighted by molar-refractivity contribution is 0.0986. The summed E-state index contributed by atoms with van der Waals surface area (Å²) in [4.78, 5) is 13.2. The molecule has 1 aliphatic heterocycles. The number of rotatable bonds is 1. The lowest BCUT2D eigenvalue weighted by Crippen LogP contribution is -2.31. The van der Waals surface area contributed by atoms with E-state index in [0.717, 1.165) is 0 Å². The standard InChI is InChI=1S/C21H20O6/c1-21(2)7-6-14-19(24)18-15(23)9-12(25-3)10-17(18)26-20(14)13-5-4-11(22)8-16(13)27-21/h4-5,8-10,22-23H,6-7H2,1-3H3. The number of hydrogen-bond donors (Lipinski definition) is 2. The van der Waals surface area contributed by atoms with Crippen LogP contribution in [0.5, 0.6) is 23.0 Å². The molecule has 0 aliphatic carbocycles. The number of phenols is 2. The first kappa shape index (κ1) is 17.3. The van der Waals surface area contributed by atoms with Gasteiger partial charge in [-0.2, -0.15) is 0 Å². The van der Waals surface area contributed by atoms with Crippen LogP contribution in [0.1, 0.15) is 25.8 Å². The SMILES string of the molecule is COc1cc(O)c2c(=O)c3c(oc2c1)-c1ccc(O)cc1OC(C)(C)CC3. The zero-order valence-corrected chi connectivity index (χ0v) is 15.3. The molecule has 0 fully saturated rings. The molecule has 1 aromatic heterocycles. The number of fused-ring (bicyclic) bond motifs is 4. The van der Waals surface area contributed by atoms with Crippen LogP contribution in [0.4, 0.5) is 0 Å². The van der Waals surface area contributed by atoms with Gasteiger partial charge in [-0.05, 0) is 38.8 Å². The first-order valence-corrected chi connectivity index (χ1v) is 8.68. The summed E-state index contributed by atoms with van der Waals surface area (Å²) in [5.41, 5.74) is 0.476. The average Bonchev–Trinajstić information content (AvgIpc) is 2.59. The van der Waals surface area contributed by atoms with Gasteiger partial charge in [0.15, 0.2) is 5.43 Å². The average molecular weight is 368 g/mol. The van der Waals surface area contributed by atoms with Crippen LogP contribution in [0.2, 0.25) is 0 Å². The molecule has 2 N–H and O–H groups in total. The van der Waals surface area contributed by atoms with Crippen LogP contribution >= 0.6 is 0 Å². The zero-order chi connectivity index (χ0) is 19.3. The summed E-state index contributed by atoms with van der Waals surface area (Å²) in [6, 6.07) is 7.67. The van der Waals surface area contributed by atoms with E-state index in [1.807, 2.05) is 13.8 Å². The molecule has 0 unspecified atom stereocenters. The van der Waals surface area contributed by atoms with Gasteiger partial charge < -0.3 is 24.1 Å². The summed E-state index contributed by atoms with van der Waals surface area (Å²) < 4.78 is 17.3. The van der Waals surface area contributed by atoms with E-state index in [1.165, 1.54) is 25.3 Å². The van der Waals surface area contributed by atoms with Crippen molar-refractivity contribution in [1.29, 1.82) is 0 Å². The summed E-state index contributed by atoms with van der Waals surface area (Å²) in [5, 5.41) is 20.3. The fourth-order valence-corrected chi connectivity index (χ4v) is 3.43. The maximum absolute atomic E-state index is 13.2. The topological polar surface area (TPSA) is 89.1 Å². The molecule has 4 rings (SSSR count).